The molecule has 0 aliphatic carbocycles. The van der Waals surface area contributed by atoms with Crippen LogP contribution < -0.4 is 20.9 Å². The van der Waals surface area contributed by atoms with Crippen molar-refractivity contribution in [1.82, 2.24) is 14.1 Å². The van der Waals surface area contributed by atoms with Gasteiger partial charge in [0.05, 0.1) is 24.1 Å². The molecule has 0 fully saturated rings. The van der Waals surface area contributed by atoms with Gasteiger partial charge in [0, 0.05) is 38.0 Å². The van der Waals surface area contributed by atoms with Crippen molar-refractivity contribution in [1.29, 1.82) is 0 Å². The number of hydrogen-bond acceptors (Lipinski definition) is 4. The minimum atomic E-state index is -0.699. The first kappa shape index (κ1) is 19.9. The predicted octanol–water partition coefficient (Wildman–Crippen LogP) is 2.35. The summed E-state index contributed by atoms with van der Waals surface area (Å²) in [6.07, 6.45) is 0. The molecule has 162 valence electrons. The highest BCUT2D eigenvalue weighted by Crippen LogP contribution is 2.46. The van der Waals surface area contributed by atoms with E-state index in [-0.39, 0.29) is 5.91 Å². The number of methoxy groups -OCH3 is 1. The SMILES string of the molecule is COc1ccccc1-c1[nH]c2c(c1C1C(=O)N(C)c3ccccc31)c(=O)n(C)c(=O)n2C. The molecule has 8 nitrogen and oxygen atoms in total. The summed E-state index contributed by atoms with van der Waals surface area (Å²) >= 11 is 0. The van der Waals surface area contributed by atoms with Crippen molar-refractivity contribution in [3.63, 3.8) is 0 Å². The Hall–Kier alpha value is -4.07. The number of amides is 1. The maximum atomic E-state index is 13.5. The average molecular weight is 430 g/mol. The van der Waals surface area contributed by atoms with E-state index in [9.17, 15) is 14.4 Å². The maximum Gasteiger partial charge on any atom is 0.332 e. The number of anilines is 1. The molecular formula is C24H22N4O4. The molecule has 0 spiro atoms. The standard InChI is InChI=1S/C24H22N4O4/c1-26-15-11-7-5-9-13(15)17(22(26)29)18-19-21(27(2)24(31)28(3)23(19)30)25-20(18)14-10-6-8-12-16(14)32-4/h5-12,17,25H,1-4H3. The fraction of sp³-hybridized carbons (Fsp3) is 0.208. The number of nitrogens with zero attached hydrogens (tertiary/aromatic N) is 3. The normalized spacial score (nSPS) is 15.4. The van der Waals surface area contributed by atoms with Gasteiger partial charge in [-0.25, -0.2) is 4.79 Å². The number of hydrogen-bond donors (Lipinski definition) is 1. The van der Waals surface area contributed by atoms with E-state index in [2.05, 4.69) is 4.98 Å². The van der Waals surface area contributed by atoms with Gasteiger partial charge in [0.2, 0.25) is 5.91 Å². The second-order valence-corrected chi connectivity index (χ2v) is 7.93. The van der Waals surface area contributed by atoms with Gasteiger partial charge in [-0.1, -0.05) is 30.3 Å². The van der Waals surface area contributed by atoms with E-state index in [1.54, 1.807) is 26.1 Å². The van der Waals surface area contributed by atoms with Crippen LogP contribution in [0.4, 0.5) is 5.69 Å². The molecule has 1 amide bonds. The van der Waals surface area contributed by atoms with Crippen LogP contribution in [0.1, 0.15) is 17.0 Å². The van der Waals surface area contributed by atoms with Crippen LogP contribution in [0.25, 0.3) is 22.3 Å². The topological polar surface area (TPSA) is 89.3 Å². The van der Waals surface area contributed by atoms with Gasteiger partial charge >= 0.3 is 5.69 Å². The van der Waals surface area contributed by atoms with Gasteiger partial charge in [-0.3, -0.25) is 18.7 Å². The first-order chi connectivity index (χ1) is 15.4. The van der Waals surface area contributed by atoms with Gasteiger partial charge in [-0.2, -0.15) is 0 Å². The zero-order valence-electron chi connectivity index (χ0n) is 18.2. The number of rotatable bonds is 3. The second-order valence-electron chi connectivity index (χ2n) is 7.93. The van der Waals surface area contributed by atoms with Crippen LogP contribution in [0.15, 0.2) is 58.1 Å². The van der Waals surface area contributed by atoms with E-state index in [0.29, 0.717) is 33.6 Å². The molecule has 8 heteroatoms. The van der Waals surface area contributed by atoms with Gasteiger partial charge in [0.15, 0.2) is 0 Å². The van der Waals surface area contributed by atoms with Gasteiger partial charge in [0.25, 0.3) is 5.56 Å². The Kier molecular flexibility index (Phi) is 4.33. The van der Waals surface area contributed by atoms with Gasteiger partial charge in [-0.15, -0.1) is 0 Å². The lowest BCUT2D eigenvalue weighted by atomic mass is 9.89. The Morgan fingerprint density at radius 3 is 2.34 bits per heavy atom. The predicted molar refractivity (Wildman–Crippen MR) is 122 cm³/mol. The third-order valence-corrected chi connectivity index (χ3v) is 6.30. The summed E-state index contributed by atoms with van der Waals surface area (Å²) in [5.41, 5.74) is 2.91. The smallest absolute Gasteiger partial charge is 0.332 e. The first-order valence-corrected chi connectivity index (χ1v) is 10.2. The Labute approximate surface area is 183 Å². The van der Waals surface area contributed by atoms with E-state index in [1.165, 1.54) is 11.6 Å². The molecule has 0 saturated heterocycles. The molecule has 32 heavy (non-hydrogen) atoms. The fourth-order valence-electron chi connectivity index (χ4n) is 4.66. The summed E-state index contributed by atoms with van der Waals surface area (Å²) in [5.74, 6) is -0.247. The van der Waals surface area contributed by atoms with Gasteiger partial charge in [0.1, 0.15) is 11.4 Å². The lowest BCUT2D eigenvalue weighted by Crippen LogP contribution is -2.37. The summed E-state index contributed by atoms with van der Waals surface area (Å²) in [5, 5.41) is 0.318. The minimum absolute atomic E-state index is 0.140. The third-order valence-electron chi connectivity index (χ3n) is 6.30. The molecule has 1 atom stereocenters. The quantitative estimate of drug-likeness (QED) is 0.540. The molecule has 2 aromatic heterocycles. The number of H-pyrrole nitrogens is 1. The largest absolute Gasteiger partial charge is 0.496 e. The zero-order valence-corrected chi connectivity index (χ0v) is 18.2. The summed E-state index contributed by atoms with van der Waals surface area (Å²) in [7, 11) is 6.35. The van der Waals surface area contributed by atoms with Crippen molar-refractivity contribution in [2.75, 3.05) is 19.1 Å². The highest BCUT2D eigenvalue weighted by atomic mass is 16.5. The summed E-state index contributed by atoms with van der Waals surface area (Å²) in [6, 6.07) is 14.9. The molecule has 1 aliphatic rings. The molecule has 0 saturated carbocycles. The van der Waals surface area contributed by atoms with Crippen LogP contribution >= 0.6 is 0 Å². The molecule has 5 rings (SSSR count). The van der Waals surface area contributed by atoms with Gasteiger partial charge in [-0.05, 0) is 23.8 Å². The highest BCUT2D eigenvalue weighted by Gasteiger charge is 2.40. The molecule has 0 bridgehead atoms. The highest BCUT2D eigenvalue weighted by molar-refractivity contribution is 6.10. The van der Waals surface area contributed by atoms with Crippen LogP contribution in [0.3, 0.4) is 0 Å². The molecule has 1 N–H and O–H groups in total. The minimum Gasteiger partial charge on any atom is -0.496 e. The van der Waals surface area contributed by atoms with Crippen LogP contribution in [-0.4, -0.2) is 34.2 Å². The number of ether oxygens (including phenoxy) is 1. The summed E-state index contributed by atoms with van der Waals surface area (Å²) in [4.78, 5) is 44.4. The van der Waals surface area contributed by atoms with Crippen molar-refractivity contribution in [3.05, 3.63) is 80.5 Å². The lowest BCUT2D eigenvalue weighted by Gasteiger charge is -2.15. The number of nitrogens with one attached hydrogen (secondary N) is 1. The number of carbonyl (C=O) groups is 1. The second kappa shape index (κ2) is 6.98. The molecule has 3 heterocycles. The number of likely N-dealkylation sites (N-methyl/N-ethyl adjacent to an activating group) is 1. The fourth-order valence-corrected chi connectivity index (χ4v) is 4.66. The number of fused-ring (bicyclic) bond motifs is 2. The summed E-state index contributed by atoms with van der Waals surface area (Å²) < 4.78 is 8.04. The van der Waals surface area contributed by atoms with Crippen LogP contribution in [0.5, 0.6) is 5.75 Å². The van der Waals surface area contributed by atoms with Crippen LogP contribution in [0, 0.1) is 0 Å². The number of benzene rings is 2. The Morgan fingerprint density at radius 1 is 0.906 bits per heavy atom. The van der Waals surface area contributed by atoms with Crippen molar-refractivity contribution in [2.45, 2.75) is 5.92 Å². The zero-order chi connectivity index (χ0) is 22.7. The number of aromatic nitrogens is 3. The van der Waals surface area contributed by atoms with Crippen molar-refractivity contribution in [3.8, 4) is 17.0 Å². The first-order valence-electron chi connectivity index (χ1n) is 10.2. The van der Waals surface area contributed by atoms with Gasteiger partial charge < -0.3 is 14.6 Å². The Balaban J connectivity index is 1.97. The van der Waals surface area contributed by atoms with E-state index < -0.39 is 17.2 Å². The average Bonchev–Trinajstić information content (AvgIpc) is 3.32. The maximum absolute atomic E-state index is 13.5. The molecule has 4 aromatic rings. The van der Waals surface area contributed by atoms with Crippen molar-refractivity contribution >= 4 is 22.6 Å². The molecule has 1 unspecified atom stereocenters. The van der Waals surface area contributed by atoms with Crippen molar-refractivity contribution < 1.29 is 9.53 Å². The lowest BCUT2D eigenvalue weighted by molar-refractivity contribution is -0.118. The summed E-state index contributed by atoms with van der Waals surface area (Å²) in [6.45, 7) is 0. The number of para-hydroxylation sites is 2. The van der Waals surface area contributed by atoms with E-state index in [0.717, 1.165) is 15.8 Å². The van der Waals surface area contributed by atoms with E-state index in [1.807, 2.05) is 48.5 Å². The molecule has 0 radical (unpaired) electrons. The van der Waals surface area contributed by atoms with Crippen LogP contribution in [0.2, 0.25) is 0 Å². The van der Waals surface area contributed by atoms with E-state index in [4.69, 9.17) is 4.74 Å². The Morgan fingerprint density at radius 2 is 1.59 bits per heavy atom. The monoisotopic (exact) mass is 430 g/mol. The number of aromatic amines is 1. The Bertz CT molecular complexity index is 1530. The number of aryl methyl sites for hydroxylation is 1. The molecular weight excluding hydrogens is 408 g/mol. The van der Waals surface area contributed by atoms with E-state index >= 15 is 0 Å². The van der Waals surface area contributed by atoms with Crippen LogP contribution in [-0.2, 0) is 18.9 Å². The molecule has 2 aromatic carbocycles. The number of carbonyl (C=O) groups excluding carboxylic acids is 1. The third kappa shape index (κ3) is 2.52. The molecule has 1 aliphatic heterocycles. The van der Waals surface area contributed by atoms with Crippen molar-refractivity contribution in [2.24, 2.45) is 14.1 Å².